The van der Waals surface area contributed by atoms with Crippen LogP contribution in [-0.4, -0.2) is 18.0 Å². The Kier molecular flexibility index (Phi) is 4.28. The molecule has 0 saturated carbocycles. The lowest BCUT2D eigenvalue weighted by Crippen LogP contribution is -2.51. The molecule has 1 atom stereocenters. The van der Waals surface area contributed by atoms with Crippen LogP contribution in [0.25, 0.3) is 0 Å². The fourth-order valence-corrected chi connectivity index (χ4v) is 1.18. The molecule has 0 aliphatic heterocycles. The molecule has 0 unspecified atom stereocenters. The first-order chi connectivity index (χ1) is 7.59. The van der Waals surface area contributed by atoms with Crippen LogP contribution in [0.1, 0.15) is 5.56 Å². The monoisotopic (exact) mass is 222 g/mol. The third-order valence-corrected chi connectivity index (χ3v) is 1.94. The van der Waals surface area contributed by atoms with E-state index >= 15 is 0 Å². The molecular weight excluding hydrogens is 208 g/mol. The first kappa shape index (κ1) is 12.0. The predicted octanol–water partition coefficient (Wildman–Crippen LogP) is -0.744. The van der Waals surface area contributed by atoms with Crippen LogP contribution in [0.4, 0.5) is 4.79 Å². The average Bonchev–Trinajstić information content (AvgIpc) is 2.27. The van der Waals surface area contributed by atoms with Crippen LogP contribution in [0.3, 0.4) is 0 Å². The van der Waals surface area contributed by atoms with Crippen molar-refractivity contribution in [2.24, 2.45) is 11.5 Å². The Morgan fingerprint density at radius 3 is 2.38 bits per heavy atom. The summed E-state index contributed by atoms with van der Waals surface area (Å²) in [5.41, 5.74) is 15.5. The molecule has 0 spiro atoms. The van der Waals surface area contributed by atoms with E-state index in [0.29, 0.717) is 6.42 Å². The van der Waals surface area contributed by atoms with E-state index < -0.39 is 18.0 Å². The summed E-state index contributed by atoms with van der Waals surface area (Å²) >= 11 is 0. The summed E-state index contributed by atoms with van der Waals surface area (Å²) in [7, 11) is 0. The van der Waals surface area contributed by atoms with Crippen molar-refractivity contribution in [2.75, 3.05) is 0 Å². The average molecular weight is 222 g/mol. The number of benzene rings is 1. The van der Waals surface area contributed by atoms with Crippen molar-refractivity contribution in [3.05, 3.63) is 35.9 Å². The molecule has 0 fully saturated rings. The molecule has 0 aliphatic carbocycles. The number of hydrogen-bond acceptors (Lipinski definition) is 3. The topological polar surface area (TPSA) is 110 Å². The molecule has 3 amide bonds. The summed E-state index contributed by atoms with van der Waals surface area (Å²) < 4.78 is 0. The molecule has 0 aliphatic rings. The van der Waals surface area contributed by atoms with Gasteiger partial charge in [-0.25, -0.2) is 10.2 Å². The molecule has 0 bridgehead atoms. The number of carbonyl (C=O) groups excluding carboxylic acids is 2. The van der Waals surface area contributed by atoms with Gasteiger partial charge in [-0.2, -0.15) is 0 Å². The summed E-state index contributed by atoms with van der Waals surface area (Å²) in [5.74, 6) is -0.484. The van der Waals surface area contributed by atoms with Crippen LogP contribution >= 0.6 is 0 Å². The van der Waals surface area contributed by atoms with Gasteiger partial charge in [0.05, 0.1) is 6.04 Å². The summed E-state index contributed by atoms with van der Waals surface area (Å²) in [4.78, 5) is 21.7. The minimum absolute atomic E-state index is 0.396. The van der Waals surface area contributed by atoms with Gasteiger partial charge in [0.1, 0.15) is 0 Å². The molecule has 1 aromatic rings. The third kappa shape index (κ3) is 3.97. The van der Waals surface area contributed by atoms with Gasteiger partial charge in [0.15, 0.2) is 0 Å². The van der Waals surface area contributed by atoms with Crippen LogP contribution in [0.2, 0.25) is 0 Å². The molecule has 6 heteroatoms. The fraction of sp³-hybridized carbons (Fsp3) is 0.200. The number of primary amides is 1. The summed E-state index contributed by atoms with van der Waals surface area (Å²) in [6.07, 6.45) is 0.396. The third-order valence-electron chi connectivity index (χ3n) is 1.94. The molecule has 0 saturated heterocycles. The van der Waals surface area contributed by atoms with Crippen molar-refractivity contribution in [2.45, 2.75) is 12.5 Å². The van der Waals surface area contributed by atoms with E-state index in [-0.39, 0.29) is 0 Å². The van der Waals surface area contributed by atoms with Crippen LogP contribution in [0.5, 0.6) is 0 Å². The maximum atomic E-state index is 11.3. The molecule has 0 heterocycles. The highest BCUT2D eigenvalue weighted by Crippen LogP contribution is 2.01. The van der Waals surface area contributed by atoms with Gasteiger partial charge >= 0.3 is 6.03 Å². The maximum Gasteiger partial charge on any atom is 0.330 e. The van der Waals surface area contributed by atoms with E-state index in [0.717, 1.165) is 5.56 Å². The largest absolute Gasteiger partial charge is 0.350 e. The lowest BCUT2D eigenvalue weighted by Gasteiger charge is -2.11. The smallest absolute Gasteiger partial charge is 0.330 e. The summed E-state index contributed by atoms with van der Waals surface area (Å²) in [6, 6.07) is 7.78. The molecule has 1 aromatic carbocycles. The van der Waals surface area contributed by atoms with Crippen LogP contribution in [0, 0.1) is 0 Å². The lowest BCUT2D eigenvalue weighted by molar-refractivity contribution is -0.123. The predicted molar refractivity (Wildman–Crippen MR) is 59.0 cm³/mol. The quantitative estimate of drug-likeness (QED) is 0.505. The van der Waals surface area contributed by atoms with Gasteiger partial charge in [-0.15, -0.1) is 0 Å². The molecule has 1 rings (SSSR count). The van der Waals surface area contributed by atoms with Crippen molar-refractivity contribution < 1.29 is 9.59 Å². The molecule has 6 nitrogen and oxygen atoms in total. The van der Waals surface area contributed by atoms with Gasteiger partial charge in [-0.1, -0.05) is 30.3 Å². The van der Waals surface area contributed by atoms with E-state index in [1.165, 1.54) is 0 Å². The molecular formula is C10H14N4O2. The zero-order chi connectivity index (χ0) is 12.0. The van der Waals surface area contributed by atoms with Gasteiger partial charge in [0.25, 0.3) is 5.91 Å². The number of amides is 3. The summed E-state index contributed by atoms with van der Waals surface area (Å²) in [5, 5.41) is 0. The first-order valence-electron chi connectivity index (χ1n) is 4.74. The van der Waals surface area contributed by atoms with Crippen LogP contribution in [-0.2, 0) is 11.2 Å². The van der Waals surface area contributed by atoms with Gasteiger partial charge < -0.3 is 11.5 Å². The van der Waals surface area contributed by atoms with Gasteiger partial charge in [-0.05, 0) is 12.0 Å². The highest BCUT2D eigenvalue weighted by Gasteiger charge is 2.13. The van der Waals surface area contributed by atoms with Crippen LogP contribution in [0.15, 0.2) is 30.3 Å². The zero-order valence-corrected chi connectivity index (χ0v) is 8.64. The number of carbonyl (C=O) groups is 2. The van der Waals surface area contributed by atoms with Crippen molar-refractivity contribution in [3.63, 3.8) is 0 Å². The van der Waals surface area contributed by atoms with E-state index in [1.807, 2.05) is 35.8 Å². The Morgan fingerprint density at radius 2 is 1.81 bits per heavy atom. The van der Waals surface area contributed by atoms with Gasteiger partial charge in [-0.3, -0.25) is 10.2 Å². The van der Waals surface area contributed by atoms with E-state index in [2.05, 4.69) is 5.43 Å². The maximum absolute atomic E-state index is 11.3. The second-order valence-corrected chi connectivity index (χ2v) is 3.27. The first-order valence-corrected chi connectivity index (χ1v) is 4.74. The molecule has 6 N–H and O–H groups in total. The number of nitrogens with one attached hydrogen (secondary N) is 2. The second-order valence-electron chi connectivity index (χ2n) is 3.27. The molecule has 16 heavy (non-hydrogen) atoms. The van der Waals surface area contributed by atoms with Gasteiger partial charge in [0, 0.05) is 0 Å². The van der Waals surface area contributed by atoms with Crippen LogP contribution < -0.4 is 22.3 Å². The van der Waals surface area contributed by atoms with Crippen molar-refractivity contribution in [3.8, 4) is 0 Å². The number of hydrazine groups is 1. The lowest BCUT2D eigenvalue weighted by atomic mass is 10.1. The molecule has 0 aromatic heterocycles. The number of rotatable bonds is 3. The van der Waals surface area contributed by atoms with Gasteiger partial charge in [0.2, 0.25) is 0 Å². The summed E-state index contributed by atoms with van der Waals surface area (Å²) in [6.45, 7) is 0. The second kappa shape index (κ2) is 5.72. The normalized spacial score (nSPS) is 11.6. The Bertz CT molecular complexity index is 366. The standard InChI is InChI=1S/C10H14N4O2/c11-8(9(15)13-14-10(12)16)6-7-4-2-1-3-5-7/h1-5,8H,6,11H2,(H,13,15)(H3,12,14,16)/t8-/m0/s1. The minimum atomic E-state index is -0.833. The van der Waals surface area contributed by atoms with Crippen molar-refractivity contribution >= 4 is 11.9 Å². The highest BCUT2D eigenvalue weighted by atomic mass is 16.2. The Labute approximate surface area is 93.0 Å². The van der Waals surface area contributed by atoms with E-state index in [4.69, 9.17) is 11.5 Å². The Morgan fingerprint density at radius 1 is 1.19 bits per heavy atom. The van der Waals surface area contributed by atoms with E-state index in [9.17, 15) is 9.59 Å². The van der Waals surface area contributed by atoms with Crippen molar-refractivity contribution in [1.82, 2.24) is 10.9 Å². The minimum Gasteiger partial charge on any atom is -0.350 e. The number of nitrogens with two attached hydrogens (primary N) is 2. The Hall–Kier alpha value is -2.08. The Balaban J connectivity index is 2.43. The zero-order valence-electron chi connectivity index (χ0n) is 8.64. The molecule has 0 radical (unpaired) electrons. The van der Waals surface area contributed by atoms with Crippen molar-refractivity contribution in [1.29, 1.82) is 0 Å². The number of hydrogen-bond donors (Lipinski definition) is 4. The highest BCUT2D eigenvalue weighted by molar-refractivity contribution is 5.84. The number of urea groups is 1. The molecule has 86 valence electrons. The SMILES string of the molecule is NC(=O)NNC(=O)[C@@H](N)Cc1ccccc1. The van der Waals surface area contributed by atoms with E-state index in [1.54, 1.807) is 0 Å². The fourth-order valence-electron chi connectivity index (χ4n) is 1.18.